The lowest BCUT2D eigenvalue weighted by Gasteiger charge is -2.44. The lowest BCUT2D eigenvalue weighted by Crippen LogP contribution is -2.58. The van der Waals surface area contributed by atoms with Crippen LogP contribution >= 0.6 is 34.8 Å². The molecule has 0 saturated heterocycles. The molecule has 4 aromatic carbocycles. The van der Waals surface area contributed by atoms with E-state index < -0.39 is 55.1 Å². The maximum atomic E-state index is 14.9. The summed E-state index contributed by atoms with van der Waals surface area (Å²) in [6.07, 6.45) is 2.06. The number of hydrogen-bond acceptors (Lipinski definition) is 12. The number of hydrogen-bond donors (Lipinski definition) is 1. The quantitative estimate of drug-likeness (QED) is 0.0722. The Hall–Kier alpha value is -6.11. The second-order valence-electron chi connectivity index (χ2n) is 20.4. The van der Waals surface area contributed by atoms with Crippen molar-refractivity contribution in [1.82, 2.24) is 9.80 Å². The molecule has 0 bridgehead atoms. The molecule has 16 nitrogen and oxygen atoms in total. The standard InChI is InChI=1S/C55H63Cl3N4O12Si/c1-11-70-52(66)61-33(3)41-23-36(34-15-13-32(2)14-16-34)29-59(41)49(64)39-25-45(68-7)47(27-42(39)61)71-21-12-22-72-48-28-43-40(26-46(48)69-8)50(65)60-30-37(35-17-19-38(63)20-18-35)24-44(60)51(74-75(9,10)54(4,5)6)62(43)53(67)73-31-55(56,57)58/h13-20,25-30,33,41,44,51,63H,11-12,21-24,31H2,1-10H3/t33-,41-,44-,51-/m0/s1. The summed E-state index contributed by atoms with van der Waals surface area (Å²) in [7, 11) is 0.144. The molecule has 4 aliphatic rings. The Bertz CT molecular complexity index is 2900. The van der Waals surface area contributed by atoms with Gasteiger partial charge in [0.25, 0.3) is 11.8 Å². The first kappa shape index (κ1) is 55.1. The Labute approximate surface area is 453 Å². The molecule has 0 aromatic heterocycles. The van der Waals surface area contributed by atoms with Crippen molar-refractivity contribution in [2.75, 3.05) is 50.4 Å². The van der Waals surface area contributed by atoms with Gasteiger partial charge in [-0.1, -0.05) is 97.5 Å². The number of amides is 4. The molecule has 0 spiro atoms. The van der Waals surface area contributed by atoms with Crippen molar-refractivity contribution < 1.29 is 57.1 Å². The van der Waals surface area contributed by atoms with E-state index in [1.165, 1.54) is 30.1 Å². The minimum atomic E-state index is -2.77. The third-order valence-corrected chi connectivity index (χ3v) is 19.2. The fourth-order valence-corrected chi connectivity index (χ4v) is 10.8. The van der Waals surface area contributed by atoms with Crippen LogP contribution < -0.4 is 28.7 Å². The first-order chi connectivity index (χ1) is 35.4. The van der Waals surface area contributed by atoms with E-state index >= 15 is 0 Å². The predicted octanol–water partition coefficient (Wildman–Crippen LogP) is 12.1. The van der Waals surface area contributed by atoms with E-state index in [9.17, 15) is 24.3 Å². The molecule has 0 fully saturated rings. The molecule has 0 radical (unpaired) electrons. The van der Waals surface area contributed by atoms with Gasteiger partial charge in [-0.15, -0.1) is 0 Å². The van der Waals surface area contributed by atoms with Gasteiger partial charge < -0.3 is 47.8 Å². The summed E-state index contributed by atoms with van der Waals surface area (Å²) in [6.45, 7) is 15.6. The minimum absolute atomic E-state index is 0.0577. The second kappa shape index (κ2) is 21.9. The molecule has 4 aromatic rings. The average molecular weight is 1110 g/mol. The highest BCUT2D eigenvalue weighted by Crippen LogP contribution is 2.48. The van der Waals surface area contributed by atoms with E-state index in [1.54, 1.807) is 65.4 Å². The van der Waals surface area contributed by atoms with Gasteiger partial charge in [0, 0.05) is 31.0 Å². The van der Waals surface area contributed by atoms with Crippen molar-refractivity contribution >= 4 is 89.6 Å². The highest BCUT2D eigenvalue weighted by molar-refractivity contribution is 6.74. The van der Waals surface area contributed by atoms with Crippen molar-refractivity contribution in [3.63, 3.8) is 0 Å². The number of halogens is 3. The van der Waals surface area contributed by atoms with Gasteiger partial charge in [0.05, 0.1) is 74.7 Å². The lowest BCUT2D eigenvalue weighted by molar-refractivity contribution is 0.0585. The van der Waals surface area contributed by atoms with Crippen molar-refractivity contribution in [3.8, 4) is 28.7 Å². The number of carbonyl (C=O) groups excluding carboxylic acids is 4. The fraction of sp³-hybridized carbons (Fsp3) is 0.418. The van der Waals surface area contributed by atoms with Crippen molar-refractivity contribution in [3.05, 3.63) is 113 Å². The normalized spacial score (nSPS) is 19.5. The number of alkyl halides is 3. The van der Waals surface area contributed by atoms with Crippen LogP contribution in [-0.2, 0) is 13.9 Å². The third kappa shape index (κ3) is 11.4. The molecule has 20 heteroatoms. The van der Waals surface area contributed by atoms with Crippen molar-refractivity contribution in [2.24, 2.45) is 0 Å². The van der Waals surface area contributed by atoms with Crippen molar-refractivity contribution in [2.45, 2.75) is 107 Å². The summed E-state index contributed by atoms with van der Waals surface area (Å²) in [6, 6.07) is 19.4. The smallest absolute Gasteiger partial charge is 0.416 e. The number of phenols is 1. The van der Waals surface area contributed by atoms with E-state index in [1.807, 2.05) is 57.4 Å². The number of anilines is 2. The van der Waals surface area contributed by atoms with Crippen LogP contribution in [0.4, 0.5) is 21.0 Å². The van der Waals surface area contributed by atoms with Gasteiger partial charge in [0.1, 0.15) is 12.4 Å². The number of rotatable bonds is 14. The summed E-state index contributed by atoms with van der Waals surface area (Å²) in [5.41, 5.74) is 5.42. The summed E-state index contributed by atoms with van der Waals surface area (Å²) in [5, 5.41) is 9.73. The topological polar surface area (TPSA) is 166 Å². The number of nitrogens with zero attached hydrogens (tertiary/aromatic N) is 4. The molecule has 4 aliphatic heterocycles. The van der Waals surface area contributed by atoms with Crippen LogP contribution in [0.1, 0.15) is 91.3 Å². The largest absolute Gasteiger partial charge is 0.508 e. The maximum Gasteiger partial charge on any atom is 0.416 e. The number of methoxy groups -OCH3 is 2. The number of fused-ring (bicyclic) bond motifs is 4. The van der Waals surface area contributed by atoms with Gasteiger partial charge in [0.2, 0.25) is 3.79 Å². The molecule has 75 heavy (non-hydrogen) atoms. The second-order valence-corrected chi connectivity index (χ2v) is 27.7. The number of ether oxygens (including phenoxy) is 6. The Balaban J connectivity index is 1.09. The SMILES string of the molecule is CCOC(=O)N1c2cc(OCCCOc3cc4c(cc3OC)C(=O)N3C=C(c5ccc(O)cc5)C[C@H]3[C@H](O[Si](C)(C)C(C)(C)C)N4C(=O)OCC(Cl)(Cl)Cl)c(OC)cc2C(=O)N2C=C(c3ccc(C)cc3)C[C@H]2[C@@H]1C. The zero-order chi connectivity index (χ0) is 54.3. The Morgan fingerprint density at radius 3 is 1.68 bits per heavy atom. The molecule has 0 unspecified atom stereocenters. The lowest BCUT2D eigenvalue weighted by atomic mass is 9.97. The van der Waals surface area contributed by atoms with Gasteiger partial charge >= 0.3 is 12.2 Å². The molecule has 0 aliphatic carbocycles. The molecule has 4 heterocycles. The van der Waals surface area contributed by atoms with E-state index in [0.29, 0.717) is 18.5 Å². The zero-order valence-corrected chi connectivity index (χ0v) is 47.0. The number of carbonyl (C=O) groups is 4. The van der Waals surface area contributed by atoms with E-state index in [0.717, 1.165) is 27.8 Å². The van der Waals surface area contributed by atoms with Crippen LogP contribution in [-0.4, -0.2) is 116 Å². The molecule has 400 valence electrons. The summed E-state index contributed by atoms with van der Waals surface area (Å²) < 4.78 is 40.8. The molecule has 4 amide bonds. The van der Waals surface area contributed by atoms with Gasteiger partial charge in [-0.3, -0.25) is 14.5 Å². The Morgan fingerprint density at radius 2 is 1.19 bits per heavy atom. The Kier molecular flexibility index (Phi) is 16.1. The van der Waals surface area contributed by atoms with Crippen molar-refractivity contribution in [1.29, 1.82) is 0 Å². The number of benzene rings is 4. The van der Waals surface area contributed by atoms with Crippen LogP contribution in [0.25, 0.3) is 11.1 Å². The van der Waals surface area contributed by atoms with Gasteiger partial charge in [-0.05, 0) is 98.3 Å². The summed E-state index contributed by atoms with van der Waals surface area (Å²) in [4.78, 5) is 64.0. The van der Waals surface area contributed by atoms with E-state index in [4.69, 9.17) is 67.7 Å². The van der Waals surface area contributed by atoms with E-state index in [-0.39, 0.29) is 88.8 Å². The fourth-order valence-electron chi connectivity index (χ4n) is 9.44. The Morgan fingerprint density at radius 1 is 0.707 bits per heavy atom. The highest BCUT2D eigenvalue weighted by atomic mass is 35.6. The van der Waals surface area contributed by atoms with Crippen LogP contribution in [0.15, 0.2) is 85.2 Å². The van der Waals surface area contributed by atoms with Crippen LogP contribution in [0.2, 0.25) is 18.1 Å². The first-order valence-electron chi connectivity index (χ1n) is 24.7. The van der Waals surface area contributed by atoms with Gasteiger partial charge in [-0.2, -0.15) is 0 Å². The highest BCUT2D eigenvalue weighted by Gasteiger charge is 2.52. The summed E-state index contributed by atoms with van der Waals surface area (Å²) in [5.74, 6) is 0.298. The van der Waals surface area contributed by atoms with Crippen LogP contribution in [0, 0.1) is 6.92 Å². The van der Waals surface area contributed by atoms with Crippen LogP contribution in [0.5, 0.6) is 28.7 Å². The number of aromatic hydroxyl groups is 1. The maximum absolute atomic E-state index is 14.9. The first-order valence-corrected chi connectivity index (χ1v) is 28.8. The van der Waals surface area contributed by atoms with Crippen LogP contribution in [0.3, 0.4) is 0 Å². The number of phenolic OH excluding ortho intramolecular Hbond substituents is 1. The molecule has 0 saturated carbocycles. The predicted molar refractivity (Wildman–Crippen MR) is 291 cm³/mol. The molecule has 1 N–H and O–H groups in total. The van der Waals surface area contributed by atoms with E-state index in [2.05, 4.69) is 20.8 Å². The average Bonchev–Trinajstić information content (AvgIpc) is 3.98. The monoisotopic (exact) mass is 1100 g/mol. The zero-order valence-electron chi connectivity index (χ0n) is 43.7. The van der Waals surface area contributed by atoms with Gasteiger partial charge in [-0.25, -0.2) is 14.5 Å². The molecular formula is C55H63Cl3N4O12Si. The molecule has 8 rings (SSSR count). The molecule has 4 atom stereocenters. The summed E-state index contributed by atoms with van der Waals surface area (Å²) >= 11 is 18.4. The van der Waals surface area contributed by atoms with Gasteiger partial charge in [0.15, 0.2) is 37.5 Å². The third-order valence-electron chi connectivity index (χ3n) is 14.4. The number of aryl methyl sites for hydroxylation is 1. The molecular weight excluding hydrogens is 1040 g/mol. The minimum Gasteiger partial charge on any atom is -0.508 e.